The van der Waals surface area contributed by atoms with Crippen molar-refractivity contribution >= 4 is 11.8 Å². The molecule has 0 aliphatic carbocycles. The van der Waals surface area contributed by atoms with Crippen molar-refractivity contribution in [3.05, 3.63) is 29.8 Å². The first-order valence-electron chi connectivity index (χ1n) is 7.28. The van der Waals surface area contributed by atoms with Crippen LogP contribution in [0.2, 0.25) is 0 Å². The predicted molar refractivity (Wildman–Crippen MR) is 81.3 cm³/mol. The van der Waals surface area contributed by atoms with E-state index >= 15 is 0 Å². The lowest BCUT2D eigenvalue weighted by molar-refractivity contribution is 0.0580. The second-order valence-corrected chi connectivity index (χ2v) is 4.66. The van der Waals surface area contributed by atoms with E-state index in [-0.39, 0.29) is 0 Å². The average molecular weight is 279 g/mol. The largest absolute Gasteiger partial charge is 0.508 e. The van der Waals surface area contributed by atoms with Gasteiger partial charge in [0.05, 0.1) is 13.2 Å². The van der Waals surface area contributed by atoms with E-state index in [9.17, 15) is 4.79 Å². The van der Waals surface area contributed by atoms with E-state index in [1.54, 1.807) is 6.92 Å². The molecule has 0 fully saturated rings. The number of benzene rings is 1. The lowest BCUT2D eigenvalue weighted by Gasteiger charge is -2.23. The maximum Gasteiger partial charge on any atom is 0.508 e. The van der Waals surface area contributed by atoms with Crippen LogP contribution in [-0.2, 0) is 9.47 Å². The molecule has 0 aliphatic heterocycles. The van der Waals surface area contributed by atoms with E-state index in [1.165, 1.54) is 11.3 Å². The molecule has 0 bridgehead atoms. The van der Waals surface area contributed by atoms with Gasteiger partial charge in [0, 0.05) is 18.8 Å². The van der Waals surface area contributed by atoms with Crippen molar-refractivity contribution in [3.63, 3.8) is 0 Å². The number of rotatable bonds is 8. The van der Waals surface area contributed by atoms with E-state index in [0.29, 0.717) is 13.2 Å². The topological polar surface area (TPSA) is 38.8 Å². The third kappa shape index (κ3) is 5.95. The minimum Gasteiger partial charge on any atom is -0.435 e. The number of ether oxygens (including phenoxy) is 2. The summed E-state index contributed by atoms with van der Waals surface area (Å²) in [7, 11) is 0. The molecule has 0 atom stereocenters. The summed E-state index contributed by atoms with van der Waals surface area (Å²) in [6.07, 6.45) is 1.26. The van der Waals surface area contributed by atoms with Crippen LogP contribution in [0, 0.1) is 6.92 Å². The summed E-state index contributed by atoms with van der Waals surface area (Å²) in [5.74, 6) is 0. The van der Waals surface area contributed by atoms with Crippen molar-refractivity contribution in [1.29, 1.82) is 0 Å². The van der Waals surface area contributed by atoms with Crippen molar-refractivity contribution < 1.29 is 14.3 Å². The van der Waals surface area contributed by atoms with E-state index in [0.717, 1.165) is 25.9 Å². The Kier molecular flexibility index (Phi) is 7.55. The summed E-state index contributed by atoms with van der Waals surface area (Å²) in [6, 6.07) is 8.51. The monoisotopic (exact) mass is 279 g/mol. The van der Waals surface area contributed by atoms with Crippen molar-refractivity contribution in [3.8, 4) is 0 Å². The SMILES string of the molecule is CCOC(=O)OCCCCN(CC)c1cccc(C)c1. The molecule has 0 amide bonds. The smallest absolute Gasteiger partial charge is 0.435 e. The molecule has 112 valence electrons. The highest BCUT2D eigenvalue weighted by molar-refractivity contribution is 5.59. The zero-order valence-electron chi connectivity index (χ0n) is 12.7. The minimum atomic E-state index is -0.571. The Bertz CT molecular complexity index is 406. The van der Waals surface area contributed by atoms with Crippen LogP contribution in [0.5, 0.6) is 0 Å². The number of hydrogen-bond donors (Lipinski definition) is 0. The van der Waals surface area contributed by atoms with Gasteiger partial charge in [-0.25, -0.2) is 4.79 Å². The van der Waals surface area contributed by atoms with Crippen molar-refractivity contribution in [2.45, 2.75) is 33.6 Å². The maximum atomic E-state index is 11.0. The van der Waals surface area contributed by atoms with Crippen LogP contribution in [0.1, 0.15) is 32.3 Å². The van der Waals surface area contributed by atoms with Gasteiger partial charge in [-0.3, -0.25) is 0 Å². The first kappa shape index (κ1) is 16.3. The van der Waals surface area contributed by atoms with Crippen LogP contribution in [0.25, 0.3) is 0 Å². The Balaban J connectivity index is 2.27. The number of hydrogen-bond acceptors (Lipinski definition) is 4. The van der Waals surface area contributed by atoms with E-state index < -0.39 is 6.16 Å². The van der Waals surface area contributed by atoms with Crippen molar-refractivity contribution in [1.82, 2.24) is 0 Å². The van der Waals surface area contributed by atoms with Crippen molar-refractivity contribution in [2.24, 2.45) is 0 Å². The number of anilines is 1. The molecule has 0 unspecified atom stereocenters. The number of carbonyl (C=O) groups excluding carboxylic acids is 1. The fourth-order valence-electron chi connectivity index (χ4n) is 2.01. The maximum absolute atomic E-state index is 11.0. The van der Waals surface area contributed by atoms with Crippen molar-refractivity contribution in [2.75, 3.05) is 31.2 Å². The Morgan fingerprint density at radius 1 is 1.20 bits per heavy atom. The van der Waals surface area contributed by atoms with Gasteiger partial charge in [-0.2, -0.15) is 0 Å². The summed E-state index contributed by atoms with van der Waals surface area (Å²) in [5.41, 5.74) is 2.52. The normalized spacial score (nSPS) is 10.2. The fourth-order valence-corrected chi connectivity index (χ4v) is 2.01. The van der Waals surface area contributed by atoms with Gasteiger partial charge in [-0.1, -0.05) is 12.1 Å². The molecule has 0 spiro atoms. The molecule has 0 saturated heterocycles. The third-order valence-electron chi connectivity index (χ3n) is 3.05. The van der Waals surface area contributed by atoms with Crippen LogP contribution in [-0.4, -0.2) is 32.5 Å². The Morgan fingerprint density at radius 2 is 2.00 bits per heavy atom. The zero-order chi connectivity index (χ0) is 14.8. The summed E-state index contributed by atoms with van der Waals surface area (Å²) >= 11 is 0. The molecule has 0 heterocycles. The third-order valence-corrected chi connectivity index (χ3v) is 3.05. The highest BCUT2D eigenvalue weighted by Crippen LogP contribution is 2.16. The van der Waals surface area contributed by atoms with Gasteiger partial charge in [-0.15, -0.1) is 0 Å². The van der Waals surface area contributed by atoms with Gasteiger partial charge >= 0.3 is 6.16 Å². The van der Waals surface area contributed by atoms with Crippen LogP contribution < -0.4 is 4.90 Å². The van der Waals surface area contributed by atoms with Crippen LogP contribution >= 0.6 is 0 Å². The van der Waals surface area contributed by atoms with Crippen LogP contribution in [0.15, 0.2) is 24.3 Å². The molecule has 1 aromatic rings. The standard InChI is InChI=1S/C16H25NO3/c1-4-17(15-10-8-9-14(3)13-15)11-6-7-12-20-16(18)19-5-2/h8-10,13H,4-7,11-12H2,1-3H3. The number of nitrogens with zero attached hydrogens (tertiary/aromatic N) is 1. The molecule has 4 nitrogen and oxygen atoms in total. The molecule has 1 aromatic carbocycles. The van der Waals surface area contributed by atoms with Crippen LogP contribution in [0.4, 0.5) is 10.5 Å². The number of carbonyl (C=O) groups is 1. The van der Waals surface area contributed by atoms with Crippen LogP contribution in [0.3, 0.4) is 0 Å². The molecule has 20 heavy (non-hydrogen) atoms. The predicted octanol–water partition coefficient (Wildman–Crippen LogP) is 3.77. The highest BCUT2D eigenvalue weighted by atomic mass is 16.7. The van der Waals surface area contributed by atoms with Gasteiger partial charge in [0.2, 0.25) is 0 Å². The first-order valence-corrected chi connectivity index (χ1v) is 7.28. The second-order valence-electron chi connectivity index (χ2n) is 4.66. The lowest BCUT2D eigenvalue weighted by atomic mass is 10.2. The van der Waals surface area contributed by atoms with Gasteiger partial charge in [0.1, 0.15) is 0 Å². The van der Waals surface area contributed by atoms with Gasteiger partial charge in [-0.05, 0) is 51.3 Å². The number of aryl methyl sites for hydroxylation is 1. The van der Waals surface area contributed by atoms with E-state index in [2.05, 4.69) is 43.0 Å². The Labute approximate surface area is 121 Å². The zero-order valence-corrected chi connectivity index (χ0v) is 12.7. The lowest BCUT2D eigenvalue weighted by Crippen LogP contribution is -2.24. The van der Waals surface area contributed by atoms with E-state index in [4.69, 9.17) is 9.47 Å². The first-order chi connectivity index (χ1) is 9.67. The highest BCUT2D eigenvalue weighted by Gasteiger charge is 2.05. The molecule has 4 heteroatoms. The van der Waals surface area contributed by atoms with Gasteiger partial charge in [0.15, 0.2) is 0 Å². The summed E-state index contributed by atoms with van der Waals surface area (Å²) in [6.45, 7) is 8.73. The minimum absolute atomic E-state index is 0.357. The molecule has 1 rings (SSSR count). The fraction of sp³-hybridized carbons (Fsp3) is 0.562. The molecular weight excluding hydrogens is 254 g/mol. The average Bonchev–Trinajstić information content (AvgIpc) is 2.43. The Morgan fingerprint density at radius 3 is 2.65 bits per heavy atom. The molecule has 0 aliphatic rings. The van der Waals surface area contributed by atoms with E-state index in [1.807, 2.05) is 0 Å². The molecule has 0 aromatic heterocycles. The van der Waals surface area contributed by atoms with Gasteiger partial charge in [0.25, 0.3) is 0 Å². The summed E-state index contributed by atoms with van der Waals surface area (Å²) in [5, 5.41) is 0. The molecular formula is C16H25NO3. The van der Waals surface area contributed by atoms with Gasteiger partial charge < -0.3 is 14.4 Å². The summed E-state index contributed by atoms with van der Waals surface area (Å²) < 4.78 is 9.64. The second kappa shape index (κ2) is 9.23. The quantitative estimate of drug-likeness (QED) is 0.536. The number of unbranched alkanes of at least 4 members (excludes halogenated alkanes) is 1. The summed E-state index contributed by atoms with van der Waals surface area (Å²) in [4.78, 5) is 13.3. The Hall–Kier alpha value is -1.71. The molecule has 0 saturated carbocycles. The molecule has 0 radical (unpaired) electrons. The molecule has 0 N–H and O–H groups in total.